The molecule has 164 valence electrons. The van der Waals surface area contributed by atoms with E-state index in [4.69, 9.17) is 0 Å². The quantitative estimate of drug-likeness (QED) is 0.487. The summed E-state index contributed by atoms with van der Waals surface area (Å²) in [4.78, 5) is 24.7. The Hall–Kier alpha value is -3.21. The van der Waals surface area contributed by atoms with Crippen LogP contribution in [0, 0.1) is 20.2 Å². The molecule has 0 N–H and O–H groups in total. The van der Waals surface area contributed by atoms with Crippen molar-refractivity contribution in [2.24, 2.45) is 0 Å². The summed E-state index contributed by atoms with van der Waals surface area (Å²) in [5.41, 5.74) is -0.0197. The van der Waals surface area contributed by atoms with Crippen LogP contribution in [0.25, 0.3) is 0 Å². The molecule has 0 unspecified atom stereocenters. The second kappa shape index (κ2) is 8.14. The Morgan fingerprint density at radius 2 is 1.03 bits per heavy atom. The Labute approximate surface area is 179 Å². The van der Waals surface area contributed by atoms with E-state index in [2.05, 4.69) is 0 Å². The number of anilines is 2. The third-order valence-electron chi connectivity index (χ3n) is 5.80. The highest BCUT2D eigenvalue weighted by Gasteiger charge is 2.34. The van der Waals surface area contributed by atoms with E-state index in [-0.39, 0.29) is 0 Å². The lowest BCUT2D eigenvalue weighted by Gasteiger charge is -2.19. The third-order valence-corrected chi connectivity index (χ3v) is 7.65. The summed E-state index contributed by atoms with van der Waals surface area (Å²) in [7, 11) is -4.49. The standard InChI is InChI=1S/C20H22N4O6S/c25-23(26)17-13-15(21-9-1-2-10-21)5-7-19(17)31(29,30)20-8-6-16(14-18(20)24(27)28)22-11-3-4-12-22/h5-8,13-14H,1-4,9-12H2. The van der Waals surface area contributed by atoms with Crippen molar-refractivity contribution in [1.82, 2.24) is 0 Å². The van der Waals surface area contributed by atoms with Crippen LogP contribution >= 0.6 is 0 Å². The third kappa shape index (κ3) is 3.92. The van der Waals surface area contributed by atoms with Gasteiger partial charge in [0.05, 0.1) is 9.85 Å². The van der Waals surface area contributed by atoms with Crippen LogP contribution in [0.5, 0.6) is 0 Å². The van der Waals surface area contributed by atoms with Crippen molar-refractivity contribution in [3.8, 4) is 0 Å². The van der Waals surface area contributed by atoms with Crippen LogP contribution < -0.4 is 9.80 Å². The Morgan fingerprint density at radius 3 is 1.35 bits per heavy atom. The molecule has 2 aromatic rings. The molecular formula is C20H22N4O6S. The number of nitrogens with zero attached hydrogens (tertiary/aromatic N) is 4. The molecule has 0 amide bonds. The first-order valence-electron chi connectivity index (χ1n) is 10.1. The summed E-state index contributed by atoms with van der Waals surface area (Å²) in [5, 5.41) is 23.4. The highest BCUT2D eigenvalue weighted by molar-refractivity contribution is 7.91. The van der Waals surface area contributed by atoms with E-state index in [0.29, 0.717) is 11.4 Å². The minimum Gasteiger partial charge on any atom is -0.371 e. The maximum absolute atomic E-state index is 13.3. The van der Waals surface area contributed by atoms with Crippen molar-refractivity contribution < 1.29 is 18.3 Å². The molecule has 0 radical (unpaired) electrons. The summed E-state index contributed by atoms with van der Waals surface area (Å²) >= 11 is 0. The van der Waals surface area contributed by atoms with Crippen molar-refractivity contribution in [3.05, 3.63) is 56.6 Å². The molecule has 2 saturated heterocycles. The highest BCUT2D eigenvalue weighted by Crippen LogP contribution is 2.38. The number of sulfone groups is 1. The van der Waals surface area contributed by atoms with Gasteiger partial charge in [0, 0.05) is 49.7 Å². The molecule has 0 atom stereocenters. The lowest BCUT2D eigenvalue weighted by atomic mass is 10.2. The van der Waals surface area contributed by atoms with Gasteiger partial charge in [-0.05, 0) is 49.9 Å². The van der Waals surface area contributed by atoms with E-state index in [1.807, 2.05) is 9.80 Å². The second-order valence-electron chi connectivity index (χ2n) is 7.71. The first kappa shape index (κ1) is 21.0. The molecule has 0 bridgehead atoms. The number of rotatable bonds is 6. The van der Waals surface area contributed by atoms with Crippen LogP contribution in [-0.2, 0) is 9.84 Å². The fraction of sp³-hybridized carbons (Fsp3) is 0.400. The molecule has 0 aliphatic carbocycles. The minimum atomic E-state index is -4.49. The normalized spacial score (nSPS) is 16.6. The van der Waals surface area contributed by atoms with Gasteiger partial charge in [0.2, 0.25) is 9.84 Å². The topological polar surface area (TPSA) is 127 Å². The van der Waals surface area contributed by atoms with Crippen LogP contribution in [0.15, 0.2) is 46.2 Å². The van der Waals surface area contributed by atoms with Gasteiger partial charge in [0.1, 0.15) is 9.79 Å². The van der Waals surface area contributed by atoms with Crippen molar-refractivity contribution in [3.63, 3.8) is 0 Å². The molecule has 0 aromatic heterocycles. The van der Waals surface area contributed by atoms with Crippen LogP contribution in [0.4, 0.5) is 22.7 Å². The first-order chi connectivity index (χ1) is 14.8. The number of hydrogen-bond acceptors (Lipinski definition) is 8. The molecule has 10 nitrogen and oxygen atoms in total. The van der Waals surface area contributed by atoms with Crippen LogP contribution in [0.3, 0.4) is 0 Å². The van der Waals surface area contributed by atoms with E-state index in [0.717, 1.165) is 51.9 Å². The predicted molar refractivity (Wildman–Crippen MR) is 115 cm³/mol. The molecule has 2 heterocycles. The zero-order chi connectivity index (χ0) is 22.2. The van der Waals surface area contributed by atoms with E-state index < -0.39 is 40.8 Å². The van der Waals surface area contributed by atoms with Crippen molar-refractivity contribution in [1.29, 1.82) is 0 Å². The fourth-order valence-electron chi connectivity index (χ4n) is 4.21. The molecule has 2 aliphatic heterocycles. The van der Waals surface area contributed by atoms with Crippen molar-refractivity contribution >= 4 is 32.6 Å². The zero-order valence-corrected chi connectivity index (χ0v) is 17.6. The number of nitro groups is 2. The molecule has 2 aliphatic rings. The average molecular weight is 446 g/mol. The Balaban J connectivity index is 1.80. The van der Waals surface area contributed by atoms with Gasteiger partial charge in [0.25, 0.3) is 11.4 Å². The smallest absolute Gasteiger partial charge is 0.290 e. The summed E-state index contributed by atoms with van der Waals surface area (Å²) in [5.74, 6) is 0. The first-order valence-corrected chi connectivity index (χ1v) is 11.6. The van der Waals surface area contributed by atoms with Crippen molar-refractivity contribution in [2.75, 3.05) is 36.0 Å². The van der Waals surface area contributed by atoms with E-state index >= 15 is 0 Å². The summed E-state index contributed by atoms with van der Waals surface area (Å²) < 4.78 is 26.6. The van der Waals surface area contributed by atoms with E-state index in [9.17, 15) is 28.6 Å². The van der Waals surface area contributed by atoms with Gasteiger partial charge in [-0.1, -0.05) is 0 Å². The lowest BCUT2D eigenvalue weighted by molar-refractivity contribution is -0.388. The Kier molecular flexibility index (Phi) is 5.52. The summed E-state index contributed by atoms with van der Waals surface area (Å²) in [6.45, 7) is 2.97. The van der Waals surface area contributed by atoms with E-state index in [1.54, 1.807) is 0 Å². The monoisotopic (exact) mass is 446 g/mol. The van der Waals surface area contributed by atoms with Gasteiger partial charge in [-0.3, -0.25) is 20.2 Å². The average Bonchev–Trinajstić information content (AvgIpc) is 3.47. The molecule has 31 heavy (non-hydrogen) atoms. The molecule has 11 heteroatoms. The number of benzene rings is 2. The van der Waals surface area contributed by atoms with Gasteiger partial charge in [-0.25, -0.2) is 8.42 Å². The zero-order valence-electron chi connectivity index (χ0n) is 16.8. The maximum atomic E-state index is 13.3. The SMILES string of the molecule is O=[N+]([O-])c1cc(N2CCCC2)ccc1S(=O)(=O)c1ccc(N2CCCC2)cc1[N+](=O)[O-]. The van der Waals surface area contributed by atoms with Gasteiger partial charge >= 0.3 is 0 Å². The molecule has 2 aromatic carbocycles. The van der Waals surface area contributed by atoms with Gasteiger partial charge in [-0.15, -0.1) is 0 Å². The van der Waals surface area contributed by atoms with Crippen LogP contribution in [0.2, 0.25) is 0 Å². The minimum absolute atomic E-state index is 0.544. The van der Waals surface area contributed by atoms with Crippen LogP contribution in [0.1, 0.15) is 25.7 Å². The lowest BCUT2D eigenvalue weighted by Crippen LogP contribution is -2.19. The highest BCUT2D eigenvalue weighted by atomic mass is 32.2. The molecular weight excluding hydrogens is 424 g/mol. The number of nitro benzene ring substituents is 2. The summed E-state index contributed by atoms with van der Waals surface area (Å²) in [6.07, 6.45) is 3.85. The maximum Gasteiger partial charge on any atom is 0.290 e. The summed E-state index contributed by atoms with van der Waals surface area (Å²) in [6, 6.07) is 7.88. The molecule has 0 saturated carbocycles. The molecule has 2 fully saturated rings. The Bertz CT molecular complexity index is 1050. The van der Waals surface area contributed by atoms with E-state index in [1.165, 1.54) is 36.4 Å². The van der Waals surface area contributed by atoms with Crippen molar-refractivity contribution in [2.45, 2.75) is 35.5 Å². The van der Waals surface area contributed by atoms with Gasteiger partial charge < -0.3 is 9.80 Å². The van der Waals surface area contributed by atoms with Crippen LogP contribution in [-0.4, -0.2) is 44.4 Å². The number of hydrogen-bond donors (Lipinski definition) is 0. The predicted octanol–water partition coefficient (Wildman–Crippen LogP) is 3.54. The largest absolute Gasteiger partial charge is 0.371 e. The van der Waals surface area contributed by atoms with Gasteiger partial charge in [0.15, 0.2) is 0 Å². The van der Waals surface area contributed by atoms with Gasteiger partial charge in [-0.2, -0.15) is 0 Å². The second-order valence-corrected chi connectivity index (χ2v) is 9.60. The molecule has 4 rings (SSSR count). The molecule has 0 spiro atoms. The Morgan fingerprint density at radius 1 is 0.677 bits per heavy atom. The fourth-order valence-corrected chi connectivity index (χ4v) is 5.76.